The van der Waals surface area contributed by atoms with Gasteiger partial charge in [-0.05, 0) is 32.9 Å². The number of hydrogen-bond acceptors (Lipinski definition) is 7. The van der Waals surface area contributed by atoms with E-state index < -0.39 is 18.0 Å². The lowest BCUT2D eigenvalue weighted by Crippen LogP contribution is -2.49. The van der Waals surface area contributed by atoms with Crippen LogP contribution in [0.5, 0.6) is 0 Å². The Balaban J connectivity index is 1.47. The zero-order chi connectivity index (χ0) is 25.3. The van der Waals surface area contributed by atoms with Gasteiger partial charge in [0.25, 0.3) is 5.91 Å². The first-order chi connectivity index (χ1) is 16.5. The van der Waals surface area contributed by atoms with Crippen LogP contribution in [0, 0.1) is 6.92 Å². The predicted octanol–water partition coefficient (Wildman–Crippen LogP) is 3.80. The van der Waals surface area contributed by atoms with Crippen molar-refractivity contribution in [3.05, 3.63) is 59.3 Å². The average molecular weight is 490 g/mol. The number of halogens is 3. The smallest absolute Gasteiger partial charge is 0.366 e. The third-order valence-electron chi connectivity index (χ3n) is 5.45. The Kier molecular flexibility index (Phi) is 6.66. The molecular weight excluding hydrogens is 463 g/mol. The fourth-order valence-electron chi connectivity index (χ4n) is 3.83. The molecule has 0 aliphatic carbocycles. The second-order valence-corrected chi connectivity index (χ2v) is 8.52. The Morgan fingerprint density at radius 1 is 1.31 bits per heavy atom. The van der Waals surface area contributed by atoms with Crippen LogP contribution in [0.15, 0.2) is 36.8 Å². The Morgan fingerprint density at radius 2 is 2.09 bits per heavy atom. The number of rotatable bonds is 7. The fourth-order valence-corrected chi connectivity index (χ4v) is 3.83. The monoisotopic (exact) mass is 489 g/mol. The van der Waals surface area contributed by atoms with E-state index in [1.54, 1.807) is 31.3 Å². The molecule has 0 spiro atoms. The lowest BCUT2D eigenvalue weighted by Gasteiger charge is -2.36. The molecule has 1 amide bonds. The van der Waals surface area contributed by atoms with E-state index in [1.807, 2.05) is 19.9 Å². The van der Waals surface area contributed by atoms with E-state index in [0.29, 0.717) is 23.7 Å². The maximum Gasteiger partial charge on any atom is 0.418 e. The highest BCUT2D eigenvalue weighted by atomic mass is 19.4. The molecule has 1 aliphatic rings. The quantitative estimate of drug-likeness (QED) is 0.521. The third-order valence-corrected chi connectivity index (χ3v) is 5.45. The second kappa shape index (κ2) is 9.53. The van der Waals surface area contributed by atoms with E-state index in [4.69, 9.17) is 4.74 Å². The van der Waals surface area contributed by atoms with Crippen molar-refractivity contribution in [2.45, 2.75) is 52.4 Å². The summed E-state index contributed by atoms with van der Waals surface area (Å²) in [4.78, 5) is 22.6. The lowest BCUT2D eigenvalue weighted by molar-refractivity contribution is -0.138. The number of likely N-dealkylation sites (N-methyl/N-ethyl adjacent to an activating group) is 1. The summed E-state index contributed by atoms with van der Waals surface area (Å²) in [5.41, 5.74) is 1.90. The van der Waals surface area contributed by atoms with Crippen LogP contribution in [0.3, 0.4) is 0 Å². The Hall–Kier alpha value is -3.67. The zero-order valence-corrected chi connectivity index (χ0v) is 19.7. The number of aromatic nitrogens is 4. The van der Waals surface area contributed by atoms with Crippen LogP contribution < -0.4 is 15.5 Å². The van der Waals surface area contributed by atoms with E-state index in [0.717, 1.165) is 17.3 Å². The van der Waals surface area contributed by atoms with Crippen LogP contribution >= 0.6 is 0 Å². The van der Waals surface area contributed by atoms with Crippen molar-refractivity contribution in [2.75, 3.05) is 22.6 Å². The van der Waals surface area contributed by atoms with Gasteiger partial charge in [-0.2, -0.15) is 18.3 Å². The average Bonchev–Trinajstić information content (AvgIpc) is 3.23. The van der Waals surface area contributed by atoms with Crippen LogP contribution in [-0.2, 0) is 28.8 Å². The molecule has 1 aliphatic heterocycles. The number of anilines is 3. The molecule has 0 fully saturated rings. The summed E-state index contributed by atoms with van der Waals surface area (Å²) >= 11 is 0. The highest BCUT2D eigenvalue weighted by molar-refractivity contribution is 6.03. The van der Waals surface area contributed by atoms with Crippen molar-refractivity contribution in [1.82, 2.24) is 19.7 Å². The molecule has 4 rings (SSSR count). The molecule has 0 saturated carbocycles. The van der Waals surface area contributed by atoms with Crippen molar-refractivity contribution >= 4 is 23.1 Å². The number of carbonyl (C=O) groups excluding carboxylic acids is 1. The lowest BCUT2D eigenvalue weighted by atomic mass is 10.1. The molecule has 12 heteroatoms. The van der Waals surface area contributed by atoms with Crippen LogP contribution in [-0.4, -0.2) is 45.0 Å². The molecule has 2 N–H and O–H groups in total. The minimum Gasteiger partial charge on any atom is -0.366 e. The number of aryl methyl sites for hydroxylation is 1. The van der Waals surface area contributed by atoms with Gasteiger partial charge >= 0.3 is 6.18 Å². The number of carbonyl (C=O) groups is 1. The van der Waals surface area contributed by atoms with Crippen molar-refractivity contribution in [2.24, 2.45) is 0 Å². The van der Waals surface area contributed by atoms with Gasteiger partial charge in [0.15, 0.2) is 0 Å². The fraction of sp³-hybridized carbons (Fsp3) is 0.391. The molecule has 35 heavy (non-hydrogen) atoms. The Morgan fingerprint density at radius 3 is 2.80 bits per heavy atom. The summed E-state index contributed by atoms with van der Waals surface area (Å²) in [5.74, 6) is 0.317. The molecule has 0 aromatic carbocycles. The van der Waals surface area contributed by atoms with Crippen LogP contribution in [0.25, 0.3) is 0 Å². The second-order valence-electron chi connectivity index (χ2n) is 8.52. The number of amides is 1. The topological polar surface area (TPSA) is 97.2 Å². The first-order valence-electron chi connectivity index (χ1n) is 11.0. The van der Waals surface area contributed by atoms with Gasteiger partial charge in [-0.3, -0.25) is 14.5 Å². The largest absolute Gasteiger partial charge is 0.418 e. The van der Waals surface area contributed by atoms with Gasteiger partial charge in [0, 0.05) is 37.6 Å². The van der Waals surface area contributed by atoms with E-state index in [2.05, 4.69) is 25.7 Å². The maximum absolute atomic E-state index is 13.2. The molecule has 9 nitrogen and oxygen atoms in total. The summed E-state index contributed by atoms with van der Waals surface area (Å²) in [7, 11) is 1.78. The molecule has 0 bridgehead atoms. The Labute approximate surface area is 200 Å². The van der Waals surface area contributed by atoms with E-state index in [1.165, 1.54) is 16.9 Å². The number of hydrogen-bond donors (Lipinski definition) is 2. The van der Waals surface area contributed by atoms with Gasteiger partial charge in [-0.25, -0.2) is 4.98 Å². The third kappa shape index (κ3) is 5.37. The van der Waals surface area contributed by atoms with Crippen molar-refractivity contribution in [3.8, 4) is 0 Å². The zero-order valence-electron chi connectivity index (χ0n) is 19.7. The summed E-state index contributed by atoms with van der Waals surface area (Å²) < 4.78 is 46.9. The normalized spacial score (nSPS) is 15.8. The summed E-state index contributed by atoms with van der Waals surface area (Å²) in [5, 5.41) is 10.2. The SMILES string of the molecule is Cc1nc(NCc2cnn(Cc3ncccc3C(F)(F)F)c2)cc2c1NC(=O)C(OC(C)C)N2C. The number of nitrogens with one attached hydrogen (secondary N) is 2. The van der Waals surface area contributed by atoms with Gasteiger partial charge in [0.1, 0.15) is 5.82 Å². The molecular formula is C23H26F3N7O2. The van der Waals surface area contributed by atoms with Crippen molar-refractivity contribution in [3.63, 3.8) is 0 Å². The number of nitrogens with zero attached hydrogens (tertiary/aromatic N) is 5. The van der Waals surface area contributed by atoms with E-state index in [9.17, 15) is 18.0 Å². The first-order valence-corrected chi connectivity index (χ1v) is 11.0. The predicted molar refractivity (Wildman–Crippen MR) is 124 cm³/mol. The standard InChI is InChI=1S/C23H26F3N7O2/c1-13(2)35-22-21(34)31-20-14(3)30-19(8-18(20)32(22)4)28-9-15-10-29-33(11-15)12-17-16(23(24,25)26)6-5-7-27-17/h5-8,10-11,13,22H,9,12H2,1-4H3,(H,28,30)(H,31,34). The van der Waals surface area contributed by atoms with Gasteiger partial charge in [-0.15, -0.1) is 0 Å². The summed E-state index contributed by atoms with van der Waals surface area (Å²) in [6, 6.07) is 4.08. The number of pyridine rings is 2. The highest BCUT2D eigenvalue weighted by Crippen LogP contribution is 2.35. The minimum absolute atomic E-state index is 0.0992. The molecule has 186 valence electrons. The highest BCUT2D eigenvalue weighted by Gasteiger charge is 2.34. The van der Waals surface area contributed by atoms with Crippen LogP contribution in [0.2, 0.25) is 0 Å². The van der Waals surface area contributed by atoms with Crippen LogP contribution in [0.1, 0.15) is 36.4 Å². The van der Waals surface area contributed by atoms with Gasteiger partial charge < -0.3 is 20.3 Å². The van der Waals surface area contributed by atoms with Crippen LogP contribution in [0.4, 0.5) is 30.4 Å². The molecule has 0 radical (unpaired) electrons. The molecule has 3 aromatic heterocycles. The molecule has 0 saturated heterocycles. The van der Waals surface area contributed by atoms with Crippen molar-refractivity contribution in [1.29, 1.82) is 0 Å². The summed E-state index contributed by atoms with van der Waals surface area (Å²) in [6.45, 7) is 5.76. The van der Waals surface area contributed by atoms with Crippen molar-refractivity contribution < 1.29 is 22.7 Å². The van der Waals surface area contributed by atoms with E-state index in [-0.39, 0.29) is 24.2 Å². The van der Waals surface area contributed by atoms with Gasteiger partial charge in [0.2, 0.25) is 6.23 Å². The number of alkyl halides is 3. The van der Waals surface area contributed by atoms with E-state index >= 15 is 0 Å². The molecule has 4 heterocycles. The molecule has 1 unspecified atom stereocenters. The number of fused-ring (bicyclic) bond motifs is 1. The Bertz CT molecular complexity index is 1230. The minimum atomic E-state index is -4.48. The first kappa shape index (κ1) is 24.5. The maximum atomic E-state index is 13.2. The molecule has 1 atom stereocenters. The molecule has 3 aromatic rings. The summed E-state index contributed by atoms with van der Waals surface area (Å²) in [6.07, 6.45) is -0.812. The number of ether oxygens (including phenoxy) is 1. The van der Waals surface area contributed by atoms with Gasteiger partial charge in [-0.1, -0.05) is 0 Å². The van der Waals surface area contributed by atoms with Gasteiger partial charge in [0.05, 0.1) is 47.2 Å².